The van der Waals surface area contributed by atoms with Gasteiger partial charge in [0.15, 0.2) is 5.22 Å². The van der Waals surface area contributed by atoms with E-state index < -0.39 is 0 Å². The molecule has 0 saturated carbocycles. The molecule has 0 radical (unpaired) electrons. The highest BCUT2D eigenvalue weighted by Gasteiger charge is 2.06. The molecule has 1 aromatic heterocycles. The van der Waals surface area contributed by atoms with E-state index in [0.29, 0.717) is 5.22 Å². The minimum absolute atomic E-state index is 0.485. The number of likely N-dealkylation sites (N-methyl/N-ethyl adjacent to an activating group) is 1. The van der Waals surface area contributed by atoms with Crippen LogP contribution in [0.4, 0.5) is 0 Å². The number of nitrogens with one attached hydrogen (secondary N) is 1. The summed E-state index contributed by atoms with van der Waals surface area (Å²) in [6.07, 6.45) is 1.61. The fraction of sp³-hybridized carbons (Fsp3) is 0.636. The zero-order valence-electron chi connectivity index (χ0n) is 9.83. The van der Waals surface area contributed by atoms with Gasteiger partial charge in [-0.1, -0.05) is 0 Å². The molecule has 5 heteroatoms. The Morgan fingerprint density at radius 3 is 2.94 bits per heavy atom. The van der Waals surface area contributed by atoms with E-state index in [9.17, 15) is 0 Å². The summed E-state index contributed by atoms with van der Waals surface area (Å²) < 4.78 is 9.97. The second-order valence-corrected chi connectivity index (χ2v) is 4.04. The van der Waals surface area contributed by atoms with Gasteiger partial charge < -0.3 is 19.4 Å². The first-order chi connectivity index (χ1) is 7.74. The zero-order valence-corrected chi connectivity index (χ0v) is 10.6. The Kier molecular flexibility index (Phi) is 6.49. The van der Waals surface area contributed by atoms with Crippen molar-refractivity contribution in [3.8, 4) is 0 Å². The average molecular weight is 247 g/mol. The summed E-state index contributed by atoms with van der Waals surface area (Å²) in [5.74, 6) is 0. The van der Waals surface area contributed by atoms with Crippen molar-refractivity contribution < 1.29 is 9.15 Å². The van der Waals surface area contributed by atoms with E-state index >= 15 is 0 Å². The lowest BCUT2D eigenvalue weighted by Gasteiger charge is -2.16. The van der Waals surface area contributed by atoms with Gasteiger partial charge in [-0.05, 0) is 24.7 Å². The van der Waals surface area contributed by atoms with Gasteiger partial charge in [-0.2, -0.15) is 0 Å². The summed E-state index contributed by atoms with van der Waals surface area (Å²) in [7, 11) is 3.76. The highest BCUT2D eigenvalue weighted by Crippen LogP contribution is 2.17. The van der Waals surface area contributed by atoms with E-state index in [0.717, 1.165) is 38.3 Å². The molecule has 0 atom stereocenters. The van der Waals surface area contributed by atoms with Crippen LogP contribution in [0, 0.1) is 0 Å². The lowest BCUT2D eigenvalue weighted by molar-refractivity contribution is 0.197. The van der Waals surface area contributed by atoms with Gasteiger partial charge in [0, 0.05) is 38.9 Å². The van der Waals surface area contributed by atoms with Crippen LogP contribution >= 0.6 is 11.6 Å². The zero-order chi connectivity index (χ0) is 11.8. The number of halogens is 1. The summed E-state index contributed by atoms with van der Waals surface area (Å²) in [5.41, 5.74) is 1.03. The predicted octanol–water partition coefficient (Wildman–Crippen LogP) is 1.60. The third kappa shape index (κ3) is 4.99. The van der Waals surface area contributed by atoms with Crippen molar-refractivity contribution in [1.82, 2.24) is 10.2 Å². The minimum atomic E-state index is 0.485. The van der Waals surface area contributed by atoms with Crippen LogP contribution in [0.1, 0.15) is 5.56 Å². The summed E-state index contributed by atoms with van der Waals surface area (Å²) in [6, 6.07) is 1.90. The van der Waals surface area contributed by atoms with Gasteiger partial charge in [-0.25, -0.2) is 0 Å². The molecule has 0 aliphatic rings. The number of ether oxygens (including phenoxy) is 1. The molecule has 1 aromatic rings. The standard InChI is InChI=1S/C11H19ClN2O2/c1-14(6-4-13-5-8-15-2)9-10-3-7-16-11(10)12/h3,7,13H,4-6,8-9H2,1-2H3. The first-order valence-electron chi connectivity index (χ1n) is 5.34. The first-order valence-corrected chi connectivity index (χ1v) is 5.72. The number of hydrogen-bond acceptors (Lipinski definition) is 4. The van der Waals surface area contributed by atoms with E-state index in [-0.39, 0.29) is 0 Å². The Morgan fingerprint density at radius 1 is 1.50 bits per heavy atom. The fourth-order valence-electron chi connectivity index (χ4n) is 1.37. The molecule has 92 valence electrons. The van der Waals surface area contributed by atoms with E-state index in [1.807, 2.05) is 6.07 Å². The fourth-order valence-corrected chi connectivity index (χ4v) is 1.55. The lowest BCUT2D eigenvalue weighted by Crippen LogP contribution is -2.30. The Bertz CT molecular complexity index is 291. The Hall–Kier alpha value is -0.550. The number of rotatable bonds is 8. The molecule has 1 heterocycles. The molecule has 0 aliphatic carbocycles. The molecule has 1 rings (SSSR count). The van der Waals surface area contributed by atoms with Crippen molar-refractivity contribution in [2.75, 3.05) is 40.4 Å². The van der Waals surface area contributed by atoms with Crippen LogP contribution < -0.4 is 5.32 Å². The Morgan fingerprint density at radius 2 is 2.31 bits per heavy atom. The third-order valence-electron chi connectivity index (χ3n) is 2.29. The number of methoxy groups -OCH3 is 1. The molecule has 0 aliphatic heterocycles. The van der Waals surface area contributed by atoms with Crippen LogP contribution in [-0.2, 0) is 11.3 Å². The van der Waals surface area contributed by atoms with Crippen LogP contribution in [0.2, 0.25) is 5.22 Å². The number of hydrogen-bond donors (Lipinski definition) is 1. The summed E-state index contributed by atoms with van der Waals surface area (Å²) >= 11 is 5.86. The van der Waals surface area contributed by atoms with Crippen molar-refractivity contribution in [2.24, 2.45) is 0 Å². The quantitative estimate of drug-likeness (QED) is 0.707. The first kappa shape index (κ1) is 13.5. The molecule has 4 nitrogen and oxygen atoms in total. The van der Waals surface area contributed by atoms with Crippen LogP contribution in [0.5, 0.6) is 0 Å². The minimum Gasteiger partial charge on any atom is -0.453 e. The van der Waals surface area contributed by atoms with Gasteiger partial charge in [-0.15, -0.1) is 0 Å². The van der Waals surface area contributed by atoms with Crippen molar-refractivity contribution in [3.05, 3.63) is 23.1 Å². The molecule has 0 amide bonds. The van der Waals surface area contributed by atoms with Crippen LogP contribution in [0.25, 0.3) is 0 Å². The maximum Gasteiger partial charge on any atom is 0.197 e. The van der Waals surface area contributed by atoms with E-state index in [2.05, 4.69) is 17.3 Å². The highest BCUT2D eigenvalue weighted by atomic mass is 35.5. The van der Waals surface area contributed by atoms with E-state index in [4.69, 9.17) is 20.8 Å². The molecule has 0 unspecified atom stereocenters. The molecule has 0 aromatic carbocycles. The van der Waals surface area contributed by atoms with E-state index in [1.54, 1.807) is 13.4 Å². The molecule has 0 spiro atoms. The lowest BCUT2D eigenvalue weighted by atomic mass is 10.3. The van der Waals surface area contributed by atoms with Gasteiger partial charge in [0.2, 0.25) is 0 Å². The molecule has 1 N–H and O–H groups in total. The Labute approximate surface area is 102 Å². The monoisotopic (exact) mass is 246 g/mol. The summed E-state index contributed by atoms with van der Waals surface area (Å²) in [6.45, 7) is 4.34. The van der Waals surface area contributed by atoms with Gasteiger partial charge in [-0.3, -0.25) is 0 Å². The number of nitrogens with zero attached hydrogens (tertiary/aromatic N) is 1. The average Bonchev–Trinajstić information content (AvgIpc) is 2.64. The van der Waals surface area contributed by atoms with Gasteiger partial charge >= 0.3 is 0 Å². The van der Waals surface area contributed by atoms with Crippen LogP contribution in [-0.4, -0.2) is 45.3 Å². The summed E-state index contributed by atoms with van der Waals surface area (Å²) in [4.78, 5) is 2.19. The maximum absolute atomic E-state index is 5.86. The second kappa shape index (κ2) is 7.68. The van der Waals surface area contributed by atoms with Crippen LogP contribution in [0.3, 0.4) is 0 Å². The van der Waals surface area contributed by atoms with Crippen molar-refractivity contribution >= 4 is 11.6 Å². The molecule has 0 bridgehead atoms. The second-order valence-electron chi connectivity index (χ2n) is 3.70. The molecule has 0 saturated heterocycles. The highest BCUT2D eigenvalue weighted by molar-refractivity contribution is 6.29. The Balaban J connectivity index is 2.11. The summed E-state index contributed by atoms with van der Waals surface area (Å²) in [5, 5.41) is 3.77. The largest absolute Gasteiger partial charge is 0.453 e. The SMILES string of the molecule is COCCNCCN(C)Cc1ccoc1Cl. The molecular weight excluding hydrogens is 228 g/mol. The maximum atomic E-state index is 5.86. The van der Waals surface area contributed by atoms with Gasteiger partial charge in [0.25, 0.3) is 0 Å². The normalized spacial score (nSPS) is 11.2. The third-order valence-corrected chi connectivity index (χ3v) is 2.62. The predicted molar refractivity (Wildman–Crippen MR) is 64.8 cm³/mol. The molecule has 16 heavy (non-hydrogen) atoms. The number of furan rings is 1. The van der Waals surface area contributed by atoms with Crippen molar-refractivity contribution in [1.29, 1.82) is 0 Å². The van der Waals surface area contributed by atoms with Crippen molar-refractivity contribution in [3.63, 3.8) is 0 Å². The van der Waals surface area contributed by atoms with Crippen molar-refractivity contribution in [2.45, 2.75) is 6.54 Å². The molecular formula is C11H19ClN2O2. The topological polar surface area (TPSA) is 37.6 Å². The van der Waals surface area contributed by atoms with Gasteiger partial charge in [0.1, 0.15) is 0 Å². The smallest absolute Gasteiger partial charge is 0.197 e. The van der Waals surface area contributed by atoms with Gasteiger partial charge in [0.05, 0.1) is 12.9 Å². The van der Waals surface area contributed by atoms with Crippen LogP contribution in [0.15, 0.2) is 16.7 Å². The molecule has 0 fully saturated rings. The van der Waals surface area contributed by atoms with E-state index in [1.165, 1.54) is 0 Å².